The second-order valence-corrected chi connectivity index (χ2v) is 7.59. The lowest BCUT2D eigenvalue weighted by atomic mass is 9.79. The Morgan fingerprint density at radius 2 is 2.12 bits per heavy atom. The summed E-state index contributed by atoms with van der Waals surface area (Å²) in [5.74, 6) is 1.71. The summed E-state index contributed by atoms with van der Waals surface area (Å²) in [4.78, 5) is 2.39. The van der Waals surface area contributed by atoms with Gasteiger partial charge in [0.15, 0.2) is 0 Å². The molecule has 0 amide bonds. The van der Waals surface area contributed by atoms with Crippen LogP contribution in [0.15, 0.2) is 40.8 Å². The van der Waals surface area contributed by atoms with Gasteiger partial charge in [-0.2, -0.15) is 0 Å². The summed E-state index contributed by atoms with van der Waals surface area (Å²) in [5.41, 5.74) is 0.799. The maximum absolute atomic E-state index is 10.1. The van der Waals surface area contributed by atoms with Gasteiger partial charge in [0.05, 0.1) is 23.3 Å². The summed E-state index contributed by atoms with van der Waals surface area (Å²) >= 11 is 6.27. The van der Waals surface area contributed by atoms with Gasteiger partial charge in [0.25, 0.3) is 0 Å². The number of ether oxygens (including phenoxy) is 1. The maximum Gasteiger partial charge on any atom is 0.135 e. The largest absolute Gasteiger partial charge is 0.460 e. The van der Waals surface area contributed by atoms with Crippen molar-refractivity contribution in [2.45, 2.75) is 50.0 Å². The van der Waals surface area contributed by atoms with E-state index in [1.54, 1.807) is 7.11 Å². The van der Waals surface area contributed by atoms with E-state index in [0.717, 1.165) is 55.9 Å². The quantitative estimate of drug-likeness (QED) is 0.890. The van der Waals surface area contributed by atoms with Crippen molar-refractivity contribution >= 4 is 11.6 Å². The van der Waals surface area contributed by atoms with E-state index in [1.165, 1.54) is 0 Å². The minimum absolute atomic E-state index is 0.114. The lowest BCUT2D eigenvalue weighted by Gasteiger charge is -2.42. The van der Waals surface area contributed by atoms with Gasteiger partial charge < -0.3 is 14.3 Å². The number of benzene rings is 1. The molecule has 1 aromatic heterocycles. The number of likely N-dealkylation sites (tertiary alicyclic amines) is 1. The monoisotopic (exact) mass is 361 g/mol. The molecule has 3 atom stereocenters. The molecule has 1 N–H and O–H groups in total. The molecule has 2 aliphatic rings. The highest BCUT2D eigenvalue weighted by atomic mass is 35.5. The van der Waals surface area contributed by atoms with Crippen LogP contribution in [0.5, 0.6) is 0 Å². The average molecular weight is 362 g/mol. The summed E-state index contributed by atoms with van der Waals surface area (Å²) < 4.78 is 12.0. The third-order valence-electron chi connectivity index (χ3n) is 5.83. The van der Waals surface area contributed by atoms with Gasteiger partial charge in [0.1, 0.15) is 11.5 Å². The number of nitrogens with zero attached hydrogens (tertiary/aromatic N) is 1. The van der Waals surface area contributed by atoms with Gasteiger partial charge in [-0.05, 0) is 49.9 Å². The van der Waals surface area contributed by atoms with Crippen LogP contribution < -0.4 is 0 Å². The van der Waals surface area contributed by atoms with E-state index in [0.29, 0.717) is 5.02 Å². The molecule has 5 heteroatoms. The normalized spacial score (nSPS) is 29.7. The molecule has 3 unspecified atom stereocenters. The van der Waals surface area contributed by atoms with Gasteiger partial charge in [0.2, 0.25) is 0 Å². The molecule has 2 heterocycles. The van der Waals surface area contributed by atoms with Gasteiger partial charge in [-0.1, -0.05) is 23.7 Å². The number of methoxy groups -OCH3 is 1. The zero-order valence-corrected chi connectivity index (χ0v) is 15.2. The van der Waals surface area contributed by atoms with E-state index in [2.05, 4.69) is 4.90 Å². The topological polar surface area (TPSA) is 45.8 Å². The standard InChI is InChI=1S/C20H24ClNO3/c1-24-20-9-8-14(23)12-19(20)22(11-10-20)13-15-6-7-18(25-15)16-4-2-3-5-17(16)21/h2-7,14,19,23H,8-13H2,1H3. The first-order valence-corrected chi connectivity index (χ1v) is 9.30. The van der Waals surface area contributed by atoms with Crippen LogP contribution in [-0.4, -0.2) is 41.4 Å². The Morgan fingerprint density at radius 1 is 1.28 bits per heavy atom. The van der Waals surface area contributed by atoms with Crippen molar-refractivity contribution in [2.24, 2.45) is 0 Å². The molecule has 4 rings (SSSR count). The minimum Gasteiger partial charge on any atom is -0.460 e. The summed E-state index contributed by atoms with van der Waals surface area (Å²) in [6.45, 7) is 1.69. The SMILES string of the molecule is COC12CCC(O)CC1N(Cc1ccc(-c3ccccc3Cl)o1)CC2. The molecule has 2 fully saturated rings. The predicted molar refractivity (Wildman–Crippen MR) is 97.6 cm³/mol. The van der Waals surface area contributed by atoms with Gasteiger partial charge in [-0.25, -0.2) is 0 Å². The molecular formula is C20H24ClNO3. The fourth-order valence-electron chi connectivity index (χ4n) is 4.43. The smallest absolute Gasteiger partial charge is 0.135 e. The lowest BCUT2D eigenvalue weighted by Crippen LogP contribution is -2.51. The number of furan rings is 1. The molecule has 2 aromatic rings. The molecule has 1 aromatic carbocycles. The molecule has 4 nitrogen and oxygen atoms in total. The lowest BCUT2D eigenvalue weighted by molar-refractivity contribution is -0.0884. The van der Waals surface area contributed by atoms with Crippen molar-refractivity contribution in [1.82, 2.24) is 4.90 Å². The number of fused-ring (bicyclic) bond motifs is 1. The number of hydrogen-bond donors (Lipinski definition) is 1. The Morgan fingerprint density at radius 3 is 2.92 bits per heavy atom. The first-order valence-electron chi connectivity index (χ1n) is 8.92. The van der Waals surface area contributed by atoms with Crippen LogP contribution in [-0.2, 0) is 11.3 Å². The molecule has 0 bridgehead atoms. The summed E-state index contributed by atoms with van der Waals surface area (Å²) in [6.07, 6.45) is 3.30. The highest BCUT2D eigenvalue weighted by Crippen LogP contribution is 2.43. The van der Waals surface area contributed by atoms with E-state index in [1.807, 2.05) is 36.4 Å². The summed E-state index contributed by atoms with van der Waals surface area (Å²) in [5, 5.41) is 10.8. The van der Waals surface area contributed by atoms with Crippen LogP contribution in [0.3, 0.4) is 0 Å². The highest BCUT2D eigenvalue weighted by Gasteiger charge is 2.50. The molecule has 25 heavy (non-hydrogen) atoms. The van der Waals surface area contributed by atoms with E-state index in [-0.39, 0.29) is 17.7 Å². The van der Waals surface area contributed by atoms with Gasteiger partial charge in [-0.3, -0.25) is 4.90 Å². The van der Waals surface area contributed by atoms with Crippen molar-refractivity contribution in [3.63, 3.8) is 0 Å². The van der Waals surface area contributed by atoms with Crippen LogP contribution in [0.4, 0.5) is 0 Å². The number of halogens is 1. The molecule has 1 saturated carbocycles. The number of aliphatic hydroxyl groups excluding tert-OH is 1. The first-order chi connectivity index (χ1) is 12.1. The zero-order chi connectivity index (χ0) is 17.4. The second-order valence-electron chi connectivity index (χ2n) is 7.18. The predicted octanol–water partition coefficient (Wildman–Crippen LogP) is 4.10. The fourth-order valence-corrected chi connectivity index (χ4v) is 4.66. The summed E-state index contributed by atoms with van der Waals surface area (Å²) in [7, 11) is 1.80. The Hall–Kier alpha value is -1.33. The number of hydrogen-bond acceptors (Lipinski definition) is 4. The Kier molecular flexibility index (Phi) is 4.63. The van der Waals surface area contributed by atoms with Crippen LogP contribution >= 0.6 is 11.6 Å². The van der Waals surface area contributed by atoms with Crippen molar-refractivity contribution in [3.8, 4) is 11.3 Å². The van der Waals surface area contributed by atoms with Crippen molar-refractivity contribution in [3.05, 3.63) is 47.2 Å². The van der Waals surface area contributed by atoms with Crippen molar-refractivity contribution in [1.29, 1.82) is 0 Å². The van der Waals surface area contributed by atoms with Crippen molar-refractivity contribution < 1.29 is 14.3 Å². The molecule has 1 aliphatic heterocycles. The molecular weight excluding hydrogens is 338 g/mol. The Balaban J connectivity index is 1.52. The van der Waals surface area contributed by atoms with Gasteiger partial charge in [0, 0.05) is 25.3 Å². The van der Waals surface area contributed by atoms with Crippen LogP contribution in [0.2, 0.25) is 5.02 Å². The van der Waals surface area contributed by atoms with Gasteiger partial charge in [-0.15, -0.1) is 0 Å². The van der Waals surface area contributed by atoms with Crippen LogP contribution in [0.25, 0.3) is 11.3 Å². The molecule has 1 aliphatic carbocycles. The third-order valence-corrected chi connectivity index (χ3v) is 6.16. The van der Waals surface area contributed by atoms with E-state index < -0.39 is 0 Å². The van der Waals surface area contributed by atoms with Crippen LogP contribution in [0.1, 0.15) is 31.4 Å². The maximum atomic E-state index is 10.1. The molecule has 0 spiro atoms. The Bertz CT molecular complexity index is 746. The van der Waals surface area contributed by atoms with Crippen LogP contribution in [0, 0.1) is 0 Å². The third kappa shape index (κ3) is 3.13. The van der Waals surface area contributed by atoms with Gasteiger partial charge >= 0.3 is 0 Å². The second kappa shape index (κ2) is 6.76. The summed E-state index contributed by atoms with van der Waals surface area (Å²) in [6, 6.07) is 12.0. The van der Waals surface area contributed by atoms with E-state index in [4.69, 9.17) is 20.8 Å². The van der Waals surface area contributed by atoms with E-state index >= 15 is 0 Å². The zero-order valence-electron chi connectivity index (χ0n) is 14.5. The fraction of sp³-hybridized carbons (Fsp3) is 0.500. The van der Waals surface area contributed by atoms with Crippen molar-refractivity contribution in [2.75, 3.05) is 13.7 Å². The molecule has 1 saturated heterocycles. The average Bonchev–Trinajstić information content (AvgIpc) is 3.22. The molecule has 0 radical (unpaired) electrons. The number of aliphatic hydroxyl groups is 1. The molecule has 134 valence electrons. The Labute approximate surface area is 153 Å². The number of rotatable bonds is 4. The minimum atomic E-state index is -0.232. The first kappa shape index (κ1) is 17.1. The van der Waals surface area contributed by atoms with E-state index in [9.17, 15) is 5.11 Å². The highest BCUT2D eigenvalue weighted by molar-refractivity contribution is 6.33.